The van der Waals surface area contributed by atoms with E-state index in [0.29, 0.717) is 22.0 Å². The van der Waals surface area contributed by atoms with Crippen LogP contribution in [0.3, 0.4) is 0 Å². The average Bonchev–Trinajstić information content (AvgIpc) is 2.79. The van der Waals surface area contributed by atoms with Gasteiger partial charge in [-0.15, -0.1) is 0 Å². The van der Waals surface area contributed by atoms with E-state index >= 15 is 0 Å². The molecule has 0 spiro atoms. The van der Waals surface area contributed by atoms with Crippen LogP contribution < -0.4 is 11.1 Å². The van der Waals surface area contributed by atoms with Crippen LogP contribution in [0.25, 0.3) is 11.1 Å². The van der Waals surface area contributed by atoms with E-state index in [2.05, 4.69) is 10.3 Å². The molecule has 3 N–H and O–H groups in total. The van der Waals surface area contributed by atoms with Crippen LogP contribution in [0.2, 0.25) is 0 Å². The van der Waals surface area contributed by atoms with Crippen molar-refractivity contribution < 1.29 is 9.21 Å². The molecule has 5 nitrogen and oxygen atoms in total. The number of rotatable bonds is 5. The number of hydrogen-bond acceptors (Lipinski definition) is 5. The van der Waals surface area contributed by atoms with Gasteiger partial charge in [0.1, 0.15) is 5.52 Å². The summed E-state index contributed by atoms with van der Waals surface area (Å²) in [4.78, 5) is 16.5. The minimum atomic E-state index is -0.277. The molecule has 1 amide bonds. The fraction of sp³-hybridized carbons (Fsp3) is 0.467. The van der Waals surface area contributed by atoms with Crippen molar-refractivity contribution in [3.05, 3.63) is 18.2 Å². The van der Waals surface area contributed by atoms with Crippen molar-refractivity contribution in [2.75, 3.05) is 5.73 Å². The van der Waals surface area contributed by atoms with Crippen molar-refractivity contribution in [2.24, 2.45) is 0 Å². The maximum atomic E-state index is 12.2. The number of nitrogens with zero attached hydrogens (tertiary/aromatic N) is 1. The van der Waals surface area contributed by atoms with Crippen LogP contribution in [0.4, 0.5) is 5.69 Å². The van der Waals surface area contributed by atoms with Crippen LogP contribution in [0.1, 0.15) is 34.1 Å². The molecular weight excluding hydrogens is 286 g/mol. The first kappa shape index (κ1) is 15.7. The Labute approximate surface area is 128 Å². The zero-order chi connectivity index (χ0) is 15.6. The van der Waals surface area contributed by atoms with Gasteiger partial charge in [-0.05, 0) is 45.4 Å². The second-order valence-electron chi connectivity index (χ2n) is 5.69. The number of oxazole rings is 1. The van der Waals surface area contributed by atoms with E-state index in [1.165, 1.54) is 11.8 Å². The number of anilines is 1. The van der Waals surface area contributed by atoms with E-state index < -0.39 is 0 Å². The van der Waals surface area contributed by atoms with Crippen LogP contribution in [-0.4, -0.2) is 21.7 Å². The highest BCUT2D eigenvalue weighted by atomic mass is 32.2. The Bertz CT molecular complexity index is 651. The van der Waals surface area contributed by atoms with E-state index in [0.717, 1.165) is 6.42 Å². The fourth-order valence-electron chi connectivity index (χ4n) is 1.70. The molecule has 1 aromatic carbocycles. The summed E-state index contributed by atoms with van der Waals surface area (Å²) in [5, 5.41) is 3.22. The van der Waals surface area contributed by atoms with Crippen molar-refractivity contribution in [2.45, 2.75) is 50.1 Å². The van der Waals surface area contributed by atoms with E-state index in [9.17, 15) is 4.79 Å². The molecule has 0 saturated carbocycles. The molecule has 21 heavy (non-hydrogen) atoms. The monoisotopic (exact) mass is 307 g/mol. The normalized spacial score (nSPS) is 13.3. The number of benzene rings is 1. The molecule has 0 fully saturated rings. The highest BCUT2D eigenvalue weighted by molar-refractivity contribution is 8.00. The van der Waals surface area contributed by atoms with Gasteiger partial charge < -0.3 is 15.5 Å². The van der Waals surface area contributed by atoms with Crippen molar-refractivity contribution in [3.63, 3.8) is 0 Å². The van der Waals surface area contributed by atoms with Gasteiger partial charge >= 0.3 is 0 Å². The number of nitrogens with one attached hydrogen (secondary N) is 1. The molecule has 1 atom stereocenters. The first-order chi connectivity index (χ1) is 9.80. The molecule has 0 aliphatic rings. The zero-order valence-electron chi connectivity index (χ0n) is 12.8. The maximum Gasteiger partial charge on any atom is 0.257 e. The Kier molecular flexibility index (Phi) is 4.46. The largest absolute Gasteiger partial charge is 0.431 e. The van der Waals surface area contributed by atoms with Crippen molar-refractivity contribution in [1.82, 2.24) is 10.3 Å². The van der Waals surface area contributed by atoms with Crippen molar-refractivity contribution >= 4 is 34.5 Å². The lowest BCUT2D eigenvalue weighted by Crippen LogP contribution is -2.46. The molecule has 0 radical (unpaired) electrons. The molecule has 0 saturated heterocycles. The zero-order valence-corrected chi connectivity index (χ0v) is 13.6. The number of amides is 1. The molecule has 6 heteroatoms. The number of aromatic nitrogens is 1. The lowest BCUT2D eigenvalue weighted by molar-refractivity contribution is -0.121. The minimum Gasteiger partial charge on any atom is -0.431 e. The number of fused-ring (bicyclic) bond motifs is 1. The number of nitrogens with two attached hydrogens (primary N) is 1. The molecule has 0 aliphatic carbocycles. The first-order valence-corrected chi connectivity index (χ1v) is 7.83. The highest BCUT2D eigenvalue weighted by Gasteiger charge is 2.23. The van der Waals surface area contributed by atoms with Gasteiger partial charge in [0.05, 0.1) is 5.25 Å². The van der Waals surface area contributed by atoms with Crippen molar-refractivity contribution in [3.8, 4) is 0 Å². The predicted molar refractivity (Wildman–Crippen MR) is 86.3 cm³/mol. The lowest BCUT2D eigenvalue weighted by Gasteiger charge is -2.25. The minimum absolute atomic E-state index is 0.0198. The average molecular weight is 307 g/mol. The number of carbonyl (C=O) groups is 1. The standard InChI is InChI=1S/C15H21N3O2S/c1-5-15(3,4)18-13(19)9(2)21-14-17-11-8-10(16)6-7-12(11)20-14/h6-9H,5,16H2,1-4H3,(H,18,19). The molecule has 2 aromatic rings. The topological polar surface area (TPSA) is 81.2 Å². The third kappa shape index (κ3) is 3.91. The van der Waals surface area contributed by atoms with E-state index in [4.69, 9.17) is 10.2 Å². The van der Waals surface area contributed by atoms with E-state index in [1.54, 1.807) is 18.2 Å². The van der Waals surface area contributed by atoms with Gasteiger partial charge in [0.2, 0.25) is 5.91 Å². The summed E-state index contributed by atoms with van der Waals surface area (Å²) in [7, 11) is 0. The number of carbonyl (C=O) groups excluding carboxylic acids is 1. The van der Waals surface area contributed by atoms with Crippen LogP contribution in [0, 0.1) is 0 Å². The first-order valence-electron chi connectivity index (χ1n) is 6.95. The van der Waals surface area contributed by atoms with Crippen LogP contribution in [0.15, 0.2) is 27.8 Å². The fourth-order valence-corrected chi connectivity index (χ4v) is 2.46. The summed E-state index contributed by atoms with van der Waals surface area (Å²) in [6.07, 6.45) is 0.873. The predicted octanol–water partition coefficient (Wildman–Crippen LogP) is 3.20. The Morgan fingerprint density at radius 1 is 1.52 bits per heavy atom. The van der Waals surface area contributed by atoms with Gasteiger partial charge in [0, 0.05) is 11.2 Å². The summed E-state index contributed by atoms with van der Waals surface area (Å²) in [6.45, 7) is 7.90. The van der Waals surface area contributed by atoms with Gasteiger partial charge in [0.15, 0.2) is 5.58 Å². The summed E-state index contributed by atoms with van der Waals surface area (Å²) < 4.78 is 5.62. The molecule has 2 rings (SSSR count). The third-order valence-corrected chi connectivity index (χ3v) is 4.33. The molecule has 114 valence electrons. The second kappa shape index (κ2) is 5.97. The molecular formula is C15H21N3O2S. The smallest absolute Gasteiger partial charge is 0.257 e. The maximum absolute atomic E-state index is 12.2. The number of thioether (sulfide) groups is 1. The quantitative estimate of drug-likeness (QED) is 0.655. The SMILES string of the molecule is CCC(C)(C)NC(=O)C(C)Sc1nc2cc(N)ccc2o1. The Balaban J connectivity index is 2.07. The molecule has 1 unspecified atom stereocenters. The highest BCUT2D eigenvalue weighted by Crippen LogP contribution is 2.28. The molecule has 1 aromatic heterocycles. The third-order valence-electron chi connectivity index (χ3n) is 3.38. The Hall–Kier alpha value is -1.69. The molecule has 1 heterocycles. The van der Waals surface area contributed by atoms with Crippen LogP contribution in [0.5, 0.6) is 0 Å². The summed E-state index contributed by atoms with van der Waals surface area (Å²) >= 11 is 1.30. The van der Waals surface area contributed by atoms with Gasteiger partial charge in [-0.1, -0.05) is 18.7 Å². The van der Waals surface area contributed by atoms with Gasteiger partial charge in [-0.2, -0.15) is 0 Å². The van der Waals surface area contributed by atoms with E-state index in [-0.39, 0.29) is 16.7 Å². The Morgan fingerprint density at radius 2 is 2.24 bits per heavy atom. The number of hydrogen-bond donors (Lipinski definition) is 2. The second-order valence-corrected chi connectivity index (χ2v) is 6.99. The Morgan fingerprint density at radius 3 is 2.90 bits per heavy atom. The van der Waals surface area contributed by atoms with Gasteiger partial charge in [0.25, 0.3) is 5.22 Å². The number of nitrogen functional groups attached to an aromatic ring is 1. The summed E-state index contributed by atoms with van der Waals surface area (Å²) in [5.74, 6) is -0.0198. The molecule has 0 aliphatic heterocycles. The van der Waals surface area contributed by atoms with Gasteiger partial charge in [-0.3, -0.25) is 4.79 Å². The van der Waals surface area contributed by atoms with Crippen molar-refractivity contribution in [1.29, 1.82) is 0 Å². The molecule has 0 bridgehead atoms. The summed E-state index contributed by atoms with van der Waals surface area (Å²) in [5.41, 5.74) is 7.53. The lowest BCUT2D eigenvalue weighted by atomic mass is 10.0. The van der Waals surface area contributed by atoms with Gasteiger partial charge in [-0.25, -0.2) is 4.98 Å². The van der Waals surface area contributed by atoms with Crippen LogP contribution in [-0.2, 0) is 4.79 Å². The van der Waals surface area contributed by atoms with Crippen LogP contribution >= 0.6 is 11.8 Å². The van der Waals surface area contributed by atoms with E-state index in [1.807, 2.05) is 27.7 Å². The summed E-state index contributed by atoms with van der Waals surface area (Å²) in [6, 6.07) is 5.31.